The van der Waals surface area contributed by atoms with Gasteiger partial charge in [0.15, 0.2) is 6.29 Å². The molecule has 0 unspecified atom stereocenters. The monoisotopic (exact) mass is 240 g/mol. The highest BCUT2D eigenvalue weighted by Crippen LogP contribution is 2.26. The molecule has 0 aliphatic carbocycles. The van der Waals surface area contributed by atoms with Crippen LogP contribution in [0.15, 0.2) is 24.3 Å². The van der Waals surface area contributed by atoms with Crippen molar-refractivity contribution in [3.05, 3.63) is 40.1 Å². The zero-order valence-electron chi connectivity index (χ0n) is 7.50. The van der Waals surface area contributed by atoms with Gasteiger partial charge in [-0.2, -0.15) is 0 Å². The maximum absolute atomic E-state index is 10.6. The Morgan fingerprint density at radius 1 is 1.27 bits per heavy atom. The van der Waals surface area contributed by atoms with Gasteiger partial charge in [0.2, 0.25) is 0 Å². The first-order valence-corrected chi connectivity index (χ1v) is 4.93. The minimum Gasteiger partial charge on any atom is -0.328 e. The van der Waals surface area contributed by atoms with Crippen LogP contribution in [0.2, 0.25) is 10.2 Å². The largest absolute Gasteiger partial charge is 0.328 e. The maximum Gasteiger partial charge on any atom is 0.171 e. The Morgan fingerprint density at radius 2 is 2.00 bits per heavy atom. The summed E-state index contributed by atoms with van der Waals surface area (Å²) in [6, 6.07) is 7.19. The molecule has 0 fully saturated rings. The molecule has 1 aromatic carbocycles. The standard InChI is InChI=1S/C10H6Cl2N2O/c11-7-4-2-1-3-6(7)10-13-8(5-15)9(12)14-10/h1-5H,(H,13,14). The number of H-pyrrole nitrogens is 1. The topological polar surface area (TPSA) is 45.8 Å². The smallest absolute Gasteiger partial charge is 0.171 e. The molecule has 0 spiro atoms. The van der Waals surface area contributed by atoms with Gasteiger partial charge < -0.3 is 4.98 Å². The lowest BCUT2D eigenvalue weighted by Crippen LogP contribution is -1.82. The second-order valence-corrected chi connectivity index (χ2v) is 3.67. The van der Waals surface area contributed by atoms with E-state index in [0.717, 1.165) is 0 Å². The molecule has 5 heteroatoms. The molecule has 76 valence electrons. The number of aromatic amines is 1. The van der Waals surface area contributed by atoms with Crippen LogP contribution in [0.4, 0.5) is 0 Å². The molecule has 2 rings (SSSR count). The summed E-state index contributed by atoms with van der Waals surface area (Å²) in [4.78, 5) is 17.4. The molecule has 0 atom stereocenters. The fraction of sp³-hybridized carbons (Fsp3) is 0. The number of nitrogens with one attached hydrogen (secondary N) is 1. The summed E-state index contributed by atoms with van der Waals surface area (Å²) in [6.45, 7) is 0. The molecule has 0 bridgehead atoms. The minimum absolute atomic E-state index is 0.187. The Bertz CT molecular complexity index is 508. The molecule has 1 N–H and O–H groups in total. The van der Waals surface area contributed by atoms with Gasteiger partial charge in [-0.05, 0) is 12.1 Å². The third-order valence-electron chi connectivity index (χ3n) is 1.93. The Balaban J connectivity index is 2.55. The van der Waals surface area contributed by atoms with Gasteiger partial charge in [-0.15, -0.1) is 0 Å². The van der Waals surface area contributed by atoms with Crippen molar-refractivity contribution in [3.8, 4) is 11.4 Å². The van der Waals surface area contributed by atoms with Crippen LogP contribution >= 0.6 is 23.2 Å². The summed E-state index contributed by atoms with van der Waals surface area (Å²) in [5, 5.41) is 0.778. The van der Waals surface area contributed by atoms with Crippen molar-refractivity contribution in [3.63, 3.8) is 0 Å². The van der Waals surface area contributed by atoms with Crippen LogP contribution in [0.5, 0.6) is 0 Å². The quantitative estimate of drug-likeness (QED) is 0.820. The molecule has 0 aliphatic heterocycles. The molecular weight excluding hydrogens is 235 g/mol. The Hall–Kier alpha value is -1.32. The second-order valence-electron chi connectivity index (χ2n) is 2.88. The lowest BCUT2D eigenvalue weighted by molar-refractivity contribution is 0.111. The Labute approximate surface area is 96.1 Å². The first-order valence-electron chi connectivity index (χ1n) is 4.18. The average Bonchev–Trinajstić information content (AvgIpc) is 2.60. The normalized spacial score (nSPS) is 10.3. The number of carbonyl (C=O) groups is 1. The van der Waals surface area contributed by atoms with Gasteiger partial charge in [0.25, 0.3) is 0 Å². The van der Waals surface area contributed by atoms with Crippen LogP contribution in [0.3, 0.4) is 0 Å². The number of hydrogen-bond donors (Lipinski definition) is 1. The zero-order chi connectivity index (χ0) is 10.8. The van der Waals surface area contributed by atoms with Gasteiger partial charge in [-0.3, -0.25) is 4.79 Å². The van der Waals surface area contributed by atoms with Crippen molar-refractivity contribution in [2.24, 2.45) is 0 Å². The number of carbonyl (C=O) groups excluding carboxylic acids is 1. The van der Waals surface area contributed by atoms with Crippen molar-refractivity contribution < 1.29 is 4.79 Å². The summed E-state index contributed by atoms with van der Waals surface area (Å²) in [5.41, 5.74) is 0.903. The van der Waals surface area contributed by atoms with Crippen LogP contribution in [-0.2, 0) is 0 Å². The summed E-state index contributed by atoms with van der Waals surface area (Å²) in [5.74, 6) is 0.493. The average molecular weight is 241 g/mol. The number of rotatable bonds is 2. The van der Waals surface area contributed by atoms with E-state index in [2.05, 4.69) is 9.97 Å². The Kier molecular flexibility index (Phi) is 2.75. The summed E-state index contributed by atoms with van der Waals surface area (Å²) < 4.78 is 0. The fourth-order valence-electron chi connectivity index (χ4n) is 1.22. The van der Waals surface area contributed by atoms with Crippen LogP contribution in [0.25, 0.3) is 11.4 Å². The highest BCUT2D eigenvalue weighted by Gasteiger charge is 2.10. The van der Waals surface area contributed by atoms with Gasteiger partial charge in [0.05, 0.1) is 5.02 Å². The van der Waals surface area contributed by atoms with Gasteiger partial charge in [0.1, 0.15) is 16.7 Å². The van der Waals surface area contributed by atoms with Crippen molar-refractivity contribution in [1.29, 1.82) is 0 Å². The third kappa shape index (κ3) is 1.89. The summed E-state index contributed by atoms with van der Waals surface area (Å²) in [6.07, 6.45) is 0.596. The molecular formula is C10H6Cl2N2O. The molecule has 2 aromatic rings. The molecule has 0 radical (unpaired) electrons. The lowest BCUT2D eigenvalue weighted by Gasteiger charge is -1.98. The molecule has 1 aromatic heterocycles. The molecule has 0 saturated carbocycles. The number of halogens is 2. The van der Waals surface area contributed by atoms with E-state index in [1.807, 2.05) is 12.1 Å². The number of nitrogens with zero attached hydrogens (tertiary/aromatic N) is 1. The van der Waals surface area contributed by atoms with Crippen molar-refractivity contribution in [1.82, 2.24) is 9.97 Å². The third-order valence-corrected chi connectivity index (χ3v) is 2.54. The minimum atomic E-state index is 0.187. The fourth-order valence-corrected chi connectivity index (χ4v) is 1.63. The molecule has 0 amide bonds. The van der Waals surface area contributed by atoms with Crippen molar-refractivity contribution in [2.75, 3.05) is 0 Å². The predicted octanol–water partition coefficient (Wildman–Crippen LogP) is 3.20. The number of aromatic nitrogens is 2. The summed E-state index contributed by atoms with van der Waals surface area (Å²) in [7, 11) is 0. The first-order chi connectivity index (χ1) is 7.22. The van der Waals surface area contributed by atoms with Crippen LogP contribution < -0.4 is 0 Å². The van der Waals surface area contributed by atoms with Crippen LogP contribution in [0.1, 0.15) is 10.5 Å². The maximum atomic E-state index is 10.6. The SMILES string of the molecule is O=Cc1nc(-c2ccccc2Cl)[nH]c1Cl. The lowest BCUT2D eigenvalue weighted by atomic mass is 10.2. The number of aldehydes is 1. The molecule has 0 aliphatic rings. The van der Waals surface area contributed by atoms with E-state index in [4.69, 9.17) is 23.2 Å². The highest BCUT2D eigenvalue weighted by molar-refractivity contribution is 6.33. The summed E-state index contributed by atoms with van der Waals surface area (Å²) >= 11 is 11.7. The van der Waals surface area contributed by atoms with Gasteiger partial charge >= 0.3 is 0 Å². The van der Waals surface area contributed by atoms with E-state index in [0.29, 0.717) is 22.7 Å². The Morgan fingerprint density at radius 3 is 2.60 bits per heavy atom. The molecule has 1 heterocycles. The van der Waals surface area contributed by atoms with E-state index in [-0.39, 0.29) is 10.8 Å². The van der Waals surface area contributed by atoms with E-state index in [1.165, 1.54) is 0 Å². The highest BCUT2D eigenvalue weighted by atomic mass is 35.5. The number of benzene rings is 1. The van der Waals surface area contributed by atoms with Gasteiger partial charge in [0, 0.05) is 5.56 Å². The van der Waals surface area contributed by atoms with E-state index in [1.54, 1.807) is 12.1 Å². The van der Waals surface area contributed by atoms with Gasteiger partial charge in [-0.1, -0.05) is 35.3 Å². The molecule has 15 heavy (non-hydrogen) atoms. The van der Waals surface area contributed by atoms with Crippen molar-refractivity contribution in [2.45, 2.75) is 0 Å². The van der Waals surface area contributed by atoms with Gasteiger partial charge in [-0.25, -0.2) is 4.98 Å². The van der Waals surface area contributed by atoms with Crippen LogP contribution in [-0.4, -0.2) is 16.3 Å². The predicted molar refractivity (Wildman–Crippen MR) is 59.4 cm³/mol. The van der Waals surface area contributed by atoms with E-state index < -0.39 is 0 Å². The second kappa shape index (κ2) is 4.04. The van der Waals surface area contributed by atoms with Crippen LogP contribution in [0, 0.1) is 0 Å². The zero-order valence-corrected chi connectivity index (χ0v) is 9.01. The van der Waals surface area contributed by atoms with Crippen molar-refractivity contribution >= 4 is 29.5 Å². The number of imidazole rings is 1. The first kappa shape index (κ1) is 10.2. The number of hydrogen-bond acceptors (Lipinski definition) is 2. The van der Waals surface area contributed by atoms with E-state index in [9.17, 15) is 4.79 Å². The van der Waals surface area contributed by atoms with E-state index >= 15 is 0 Å². The molecule has 0 saturated heterocycles. The molecule has 3 nitrogen and oxygen atoms in total.